The lowest BCUT2D eigenvalue weighted by Gasteiger charge is -2.11. The molecule has 0 fully saturated rings. The van der Waals surface area contributed by atoms with Crippen molar-refractivity contribution in [2.24, 2.45) is 0 Å². The van der Waals surface area contributed by atoms with Crippen LogP contribution < -0.4 is 0 Å². The second-order valence-corrected chi connectivity index (χ2v) is 9.71. The molecule has 1 heterocycles. The van der Waals surface area contributed by atoms with E-state index in [1.165, 1.54) is 22.3 Å². The lowest BCUT2D eigenvalue weighted by atomic mass is 9.92. The predicted octanol–water partition coefficient (Wildman–Crippen LogP) is 10.1. The summed E-state index contributed by atoms with van der Waals surface area (Å²) in [5.74, 6) is 0. The highest BCUT2D eigenvalue weighted by Crippen LogP contribution is 2.40. The number of nitrogens with zero attached hydrogens (tertiary/aromatic N) is 1. The van der Waals surface area contributed by atoms with Gasteiger partial charge in [0.05, 0.1) is 11.6 Å². The molecular formula is C37H23NO. The first-order valence-electron chi connectivity index (χ1n) is 13.0. The molecule has 0 aliphatic rings. The van der Waals surface area contributed by atoms with Gasteiger partial charge in [-0.2, -0.15) is 5.26 Å². The van der Waals surface area contributed by atoms with Gasteiger partial charge in [-0.25, -0.2) is 0 Å². The van der Waals surface area contributed by atoms with Crippen LogP contribution in [0.25, 0.3) is 66.4 Å². The van der Waals surface area contributed by atoms with Gasteiger partial charge in [-0.15, -0.1) is 0 Å². The summed E-state index contributed by atoms with van der Waals surface area (Å²) in [6.45, 7) is 0. The van der Waals surface area contributed by atoms with E-state index >= 15 is 0 Å². The summed E-state index contributed by atoms with van der Waals surface area (Å²) in [4.78, 5) is 0. The molecule has 0 atom stereocenters. The summed E-state index contributed by atoms with van der Waals surface area (Å²) in [5, 5.41) is 11.4. The van der Waals surface area contributed by atoms with Crippen LogP contribution in [0.3, 0.4) is 0 Å². The van der Waals surface area contributed by atoms with Crippen molar-refractivity contribution in [3.05, 3.63) is 145 Å². The lowest BCUT2D eigenvalue weighted by molar-refractivity contribution is 0.669. The zero-order valence-corrected chi connectivity index (χ0v) is 21.1. The van der Waals surface area contributed by atoms with Gasteiger partial charge >= 0.3 is 0 Å². The van der Waals surface area contributed by atoms with Crippen molar-refractivity contribution < 1.29 is 4.42 Å². The molecular weight excluding hydrogens is 474 g/mol. The third-order valence-corrected chi connectivity index (χ3v) is 7.30. The third-order valence-electron chi connectivity index (χ3n) is 7.30. The second-order valence-electron chi connectivity index (χ2n) is 9.71. The Kier molecular flexibility index (Phi) is 5.54. The molecule has 0 N–H and O–H groups in total. The SMILES string of the molecule is N#Cc1ccc(-c2cccc3oc4ccc(-c5cc(-c6ccccc6)cc(-c6ccccc6)c5)cc4c23)cc1. The highest BCUT2D eigenvalue weighted by Gasteiger charge is 2.15. The van der Waals surface area contributed by atoms with Crippen molar-refractivity contribution >= 4 is 21.9 Å². The molecule has 0 aliphatic carbocycles. The van der Waals surface area contributed by atoms with Gasteiger partial charge in [0.2, 0.25) is 0 Å². The summed E-state index contributed by atoms with van der Waals surface area (Å²) in [7, 11) is 0. The Labute approximate surface area is 227 Å². The molecule has 2 nitrogen and oxygen atoms in total. The molecule has 1 aromatic heterocycles. The zero-order valence-electron chi connectivity index (χ0n) is 21.1. The smallest absolute Gasteiger partial charge is 0.136 e. The monoisotopic (exact) mass is 497 g/mol. The average molecular weight is 498 g/mol. The van der Waals surface area contributed by atoms with E-state index in [9.17, 15) is 5.26 Å². The molecule has 0 unspecified atom stereocenters. The van der Waals surface area contributed by atoms with Gasteiger partial charge in [0.1, 0.15) is 11.2 Å². The van der Waals surface area contributed by atoms with E-state index < -0.39 is 0 Å². The fraction of sp³-hybridized carbons (Fsp3) is 0. The van der Waals surface area contributed by atoms with Crippen LogP contribution in [0, 0.1) is 11.3 Å². The van der Waals surface area contributed by atoms with Crippen molar-refractivity contribution in [2.45, 2.75) is 0 Å². The normalized spacial score (nSPS) is 11.1. The molecule has 0 bridgehead atoms. The summed E-state index contributed by atoms with van der Waals surface area (Å²) in [6, 6.07) is 50.4. The minimum atomic E-state index is 0.651. The van der Waals surface area contributed by atoms with Crippen LogP contribution >= 0.6 is 0 Å². The minimum absolute atomic E-state index is 0.651. The molecule has 0 spiro atoms. The summed E-state index contributed by atoms with van der Waals surface area (Å²) >= 11 is 0. The van der Waals surface area contributed by atoms with Gasteiger partial charge in [-0.1, -0.05) is 91.0 Å². The van der Waals surface area contributed by atoms with Gasteiger partial charge in [0, 0.05) is 10.8 Å². The first kappa shape index (κ1) is 22.8. The zero-order chi connectivity index (χ0) is 26.2. The Balaban J connectivity index is 1.44. The number of rotatable bonds is 4. The van der Waals surface area contributed by atoms with Gasteiger partial charge < -0.3 is 4.42 Å². The van der Waals surface area contributed by atoms with Crippen LogP contribution in [0.4, 0.5) is 0 Å². The number of fused-ring (bicyclic) bond motifs is 3. The van der Waals surface area contributed by atoms with Crippen LogP contribution in [0.5, 0.6) is 0 Å². The maximum atomic E-state index is 9.24. The molecule has 7 aromatic rings. The van der Waals surface area contributed by atoms with Gasteiger partial charge in [0.25, 0.3) is 0 Å². The maximum Gasteiger partial charge on any atom is 0.136 e. The van der Waals surface area contributed by atoms with Crippen LogP contribution in [-0.2, 0) is 0 Å². The van der Waals surface area contributed by atoms with Crippen molar-refractivity contribution in [2.75, 3.05) is 0 Å². The van der Waals surface area contributed by atoms with E-state index in [0.29, 0.717) is 5.56 Å². The fourth-order valence-electron chi connectivity index (χ4n) is 5.36. The minimum Gasteiger partial charge on any atom is -0.456 e. The molecule has 6 aromatic carbocycles. The van der Waals surface area contributed by atoms with E-state index in [-0.39, 0.29) is 0 Å². The number of hydrogen-bond donors (Lipinski definition) is 0. The average Bonchev–Trinajstić information content (AvgIpc) is 3.40. The number of nitriles is 1. The third kappa shape index (κ3) is 4.17. The first-order valence-corrected chi connectivity index (χ1v) is 13.0. The van der Waals surface area contributed by atoms with Crippen LogP contribution in [0.2, 0.25) is 0 Å². The van der Waals surface area contributed by atoms with Crippen molar-refractivity contribution in [3.63, 3.8) is 0 Å². The molecule has 0 saturated carbocycles. The van der Waals surface area contributed by atoms with E-state index in [1.807, 2.05) is 36.4 Å². The topological polar surface area (TPSA) is 36.9 Å². The Morgan fingerprint density at radius 3 is 1.64 bits per heavy atom. The van der Waals surface area contributed by atoms with Gasteiger partial charge in [-0.05, 0) is 93.0 Å². The van der Waals surface area contributed by atoms with Crippen molar-refractivity contribution in [3.8, 4) is 50.6 Å². The molecule has 0 radical (unpaired) electrons. The maximum absolute atomic E-state index is 9.24. The van der Waals surface area contributed by atoms with Gasteiger partial charge in [-0.3, -0.25) is 0 Å². The molecule has 7 rings (SSSR count). The molecule has 0 amide bonds. The number of benzene rings is 6. The Morgan fingerprint density at radius 2 is 1.03 bits per heavy atom. The molecule has 2 heteroatoms. The fourth-order valence-corrected chi connectivity index (χ4v) is 5.36. The van der Waals surface area contributed by atoms with Crippen LogP contribution in [0.1, 0.15) is 5.56 Å². The Bertz CT molecular complexity index is 1940. The second kappa shape index (κ2) is 9.49. The standard InChI is InChI=1S/C37H23NO/c38-24-25-14-16-28(17-15-25)33-12-7-13-36-37(33)34-23-29(18-19-35(34)39-36)32-21-30(26-8-3-1-4-9-26)20-31(22-32)27-10-5-2-6-11-27/h1-23H. The Hall–Kier alpha value is -5.39. The highest BCUT2D eigenvalue weighted by atomic mass is 16.3. The molecule has 39 heavy (non-hydrogen) atoms. The summed E-state index contributed by atoms with van der Waals surface area (Å²) < 4.78 is 6.28. The van der Waals surface area contributed by atoms with Crippen molar-refractivity contribution in [1.29, 1.82) is 5.26 Å². The Morgan fingerprint density at radius 1 is 0.436 bits per heavy atom. The summed E-state index contributed by atoms with van der Waals surface area (Å²) in [6.07, 6.45) is 0. The molecule has 0 saturated heterocycles. The number of hydrogen-bond acceptors (Lipinski definition) is 2. The van der Waals surface area contributed by atoms with E-state index in [1.54, 1.807) is 0 Å². The quantitative estimate of drug-likeness (QED) is 0.243. The van der Waals surface area contributed by atoms with E-state index in [0.717, 1.165) is 44.2 Å². The summed E-state index contributed by atoms with van der Waals surface area (Å²) in [5.41, 5.74) is 11.5. The molecule has 0 aliphatic heterocycles. The highest BCUT2D eigenvalue weighted by molar-refractivity contribution is 6.13. The van der Waals surface area contributed by atoms with Crippen LogP contribution in [0.15, 0.2) is 144 Å². The predicted molar refractivity (Wildman–Crippen MR) is 160 cm³/mol. The van der Waals surface area contributed by atoms with E-state index in [2.05, 4.69) is 109 Å². The largest absolute Gasteiger partial charge is 0.456 e. The van der Waals surface area contributed by atoms with Gasteiger partial charge in [0.15, 0.2) is 0 Å². The first-order chi connectivity index (χ1) is 19.3. The number of furan rings is 1. The van der Waals surface area contributed by atoms with Crippen LogP contribution in [-0.4, -0.2) is 0 Å². The molecule has 182 valence electrons. The van der Waals surface area contributed by atoms with Crippen molar-refractivity contribution in [1.82, 2.24) is 0 Å². The van der Waals surface area contributed by atoms with E-state index in [4.69, 9.17) is 4.42 Å². The lowest BCUT2D eigenvalue weighted by Crippen LogP contribution is -1.86.